The smallest absolute Gasteiger partial charge is 0.207 e. The molecule has 1 aromatic rings. The van der Waals surface area contributed by atoms with Crippen LogP contribution in [0.1, 0.15) is 13.3 Å². The molecule has 1 unspecified atom stereocenters. The van der Waals surface area contributed by atoms with E-state index in [2.05, 4.69) is 20.7 Å². The SMILES string of the molecule is CCC(CBr)NS(=O)(=O)c1ccc(Cl)c(F)c1Cl. The normalized spacial score (nSPS) is 13.6. The summed E-state index contributed by atoms with van der Waals surface area (Å²) < 4.78 is 39.9. The van der Waals surface area contributed by atoms with Gasteiger partial charge in [0.25, 0.3) is 0 Å². The third-order valence-corrected chi connectivity index (χ3v) is 5.41. The minimum atomic E-state index is -3.86. The van der Waals surface area contributed by atoms with Gasteiger partial charge in [0, 0.05) is 11.4 Å². The average Bonchev–Trinajstić information content (AvgIpc) is 2.32. The second kappa shape index (κ2) is 6.52. The third-order valence-electron chi connectivity index (χ3n) is 2.29. The highest BCUT2D eigenvalue weighted by Gasteiger charge is 2.24. The van der Waals surface area contributed by atoms with Crippen LogP contribution in [0.5, 0.6) is 0 Å². The first-order chi connectivity index (χ1) is 8.33. The first-order valence-corrected chi connectivity index (χ1v) is 8.41. The first kappa shape index (κ1) is 16.2. The number of rotatable bonds is 5. The third kappa shape index (κ3) is 3.57. The summed E-state index contributed by atoms with van der Waals surface area (Å²) in [7, 11) is -3.86. The van der Waals surface area contributed by atoms with Crippen molar-refractivity contribution in [1.82, 2.24) is 4.72 Å². The van der Waals surface area contributed by atoms with Crippen molar-refractivity contribution in [3.05, 3.63) is 28.0 Å². The van der Waals surface area contributed by atoms with Crippen molar-refractivity contribution >= 4 is 49.2 Å². The van der Waals surface area contributed by atoms with Crippen LogP contribution in [0.4, 0.5) is 4.39 Å². The van der Waals surface area contributed by atoms with E-state index in [1.54, 1.807) is 0 Å². The van der Waals surface area contributed by atoms with Gasteiger partial charge in [0.05, 0.1) is 10.0 Å². The van der Waals surface area contributed by atoms with Crippen LogP contribution >= 0.6 is 39.1 Å². The molecule has 0 aliphatic carbocycles. The van der Waals surface area contributed by atoms with Gasteiger partial charge in [-0.1, -0.05) is 46.1 Å². The fraction of sp³-hybridized carbons (Fsp3) is 0.400. The number of alkyl halides is 1. The predicted molar refractivity (Wildman–Crippen MR) is 74.6 cm³/mol. The summed E-state index contributed by atoms with van der Waals surface area (Å²) in [5.41, 5.74) is 0. The molecule has 0 heterocycles. The Morgan fingerprint density at radius 3 is 2.56 bits per heavy atom. The lowest BCUT2D eigenvalue weighted by molar-refractivity contribution is 0.556. The minimum Gasteiger partial charge on any atom is -0.207 e. The fourth-order valence-electron chi connectivity index (χ4n) is 1.22. The highest BCUT2D eigenvalue weighted by Crippen LogP contribution is 2.29. The molecular formula is C10H11BrCl2FNO2S. The van der Waals surface area contributed by atoms with E-state index in [9.17, 15) is 12.8 Å². The van der Waals surface area contributed by atoms with E-state index in [-0.39, 0.29) is 16.0 Å². The largest absolute Gasteiger partial charge is 0.242 e. The Balaban J connectivity index is 3.17. The quantitative estimate of drug-likeness (QED) is 0.628. The van der Waals surface area contributed by atoms with Gasteiger partial charge < -0.3 is 0 Å². The highest BCUT2D eigenvalue weighted by molar-refractivity contribution is 9.09. The maximum absolute atomic E-state index is 13.5. The molecule has 1 atom stereocenters. The Hall–Kier alpha value is 0.120. The Bertz CT molecular complexity index is 535. The second-order valence-electron chi connectivity index (χ2n) is 3.55. The van der Waals surface area contributed by atoms with Gasteiger partial charge in [-0.3, -0.25) is 0 Å². The van der Waals surface area contributed by atoms with Crippen molar-refractivity contribution in [2.45, 2.75) is 24.3 Å². The van der Waals surface area contributed by atoms with Crippen LogP contribution in [0.2, 0.25) is 10.0 Å². The monoisotopic (exact) mass is 377 g/mol. The second-order valence-corrected chi connectivity index (χ2v) is 6.67. The van der Waals surface area contributed by atoms with Crippen LogP contribution in [0.15, 0.2) is 17.0 Å². The summed E-state index contributed by atoms with van der Waals surface area (Å²) >= 11 is 14.4. The van der Waals surface area contributed by atoms with Crippen LogP contribution in [0.25, 0.3) is 0 Å². The molecule has 1 N–H and O–H groups in total. The van der Waals surface area contributed by atoms with E-state index in [1.165, 1.54) is 6.07 Å². The van der Waals surface area contributed by atoms with Gasteiger partial charge in [-0.05, 0) is 18.6 Å². The number of nitrogens with one attached hydrogen (secondary N) is 1. The molecule has 102 valence electrons. The van der Waals surface area contributed by atoms with E-state index < -0.39 is 20.9 Å². The molecule has 0 saturated heterocycles. The van der Waals surface area contributed by atoms with Crippen molar-refractivity contribution in [3.8, 4) is 0 Å². The van der Waals surface area contributed by atoms with Gasteiger partial charge in [-0.2, -0.15) is 0 Å². The lowest BCUT2D eigenvalue weighted by Crippen LogP contribution is -2.35. The maximum atomic E-state index is 13.5. The minimum absolute atomic E-state index is 0.216. The number of halogens is 4. The lowest BCUT2D eigenvalue weighted by Gasteiger charge is -2.15. The van der Waals surface area contributed by atoms with E-state index in [4.69, 9.17) is 23.2 Å². The molecular weight excluding hydrogens is 368 g/mol. The van der Waals surface area contributed by atoms with Crippen molar-refractivity contribution in [2.24, 2.45) is 0 Å². The molecule has 0 fully saturated rings. The Kier molecular flexibility index (Phi) is 5.86. The number of hydrogen-bond donors (Lipinski definition) is 1. The topological polar surface area (TPSA) is 46.2 Å². The van der Waals surface area contributed by atoms with Crippen LogP contribution in [-0.4, -0.2) is 19.8 Å². The zero-order valence-electron chi connectivity index (χ0n) is 9.38. The molecule has 0 aliphatic heterocycles. The molecule has 8 heteroatoms. The molecule has 1 rings (SSSR count). The lowest BCUT2D eigenvalue weighted by atomic mass is 10.3. The molecule has 0 radical (unpaired) electrons. The van der Waals surface area contributed by atoms with Crippen molar-refractivity contribution < 1.29 is 12.8 Å². The summed E-state index contributed by atoms with van der Waals surface area (Å²) in [6, 6.07) is 2.05. The fourth-order valence-corrected chi connectivity index (χ4v) is 4.12. The number of benzene rings is 1. The van der Waals surface area contributed by atoms with E-state index in [0.29, 0.717) is 11.8 Å². The van der Waals surface area contributed by atoms with Crippen LogP contribution in [0, 0.1) is 5.82 Å². The van der Waals surface area contributed by atoms with Crippen LogP contribution in [-0.2, 0) is 10.0 Å². The summed E-state index contributed by atoms with van der Waals surface area (Å²) in [6.07, 6.45) is 0.595. The Labute approximate surface area is 124 Å². The number of sulfonamides is 1. The molecule has 1 aromatic carbocycles. The van der Waals surface area contributed by atoms with Crippen molar-refractivity contribution in [1.29, 1.82) is 0 Å². The summed E-state index contributed by atoms with van der Waals surface area (Å²) in [5, 5.41) is -0.262. The van der Waals surface area contributed by atoms with Crippen molar-refractivity contribution in [2.75, 3.05) is 5.33 Å². The maximum Gasteiger partial charge on any atom is 0.242 e. The standard InChI is InChI=1S/C10H11BrCl2FNO2S/c1-2-6(5-11)15-18(16,17)8-4-3-7(12)10(14)9(8)13/h3-4,6,15H,2,5H2,1H3. The Morgan fingerprint density at radius 2 is 2.06 bits per heavy atom. The predicted octanol–water partition coefficient (Wildman–Crippen LogP) is 3.58. The van der Waals surface area contributed by atoms with Gasteiger partial charge in [-0.15, -0.1) is 0 Å². The first-order valence-electron chi connectivity index (χ1n) is 5.05. The molecule has 0 aliphatic rings. The zero-order valence-corrected chi connectivity index (χ0v) is 13.3. The van der Waals surface area contributed by atoms with Gasteiger partial charge in [0.1, 0.15) is 4.90 Å². The average molecular weight is 379 g/mol. The molecule has 0 spiro atoms. The van der Waals surface area contributed by atoms with Crippen LogP contribution in [0.3, 0.4) is 0 Å². The number of hydrogen-bond acceptors (Lipinski definition) is 2. The molecule has 18 heavy (non-hydrogen) atoms. The van der Waals surface area contributed by atoms with Gasteiger partial charge in [0.15, 0.2) is 5.82 Å². The summed E-state index contributed by atoms with van der Waals surface area (Å²) in [4.78, 5) is -0.314. The van der Waals surface area contributed by atoms with E-state index in [1.807, 2.05) is 6.92 Å². The van der Waals surface area contributed by atoms with E-state index in [0.717, 1.165) is 6.07 Å². The Morgan fingerprint density at radius 1 is 1.44 bits per heavy atom. The molecule has 0 bridgehead atoms. The molecule has 0 aromatic heterocycles. The van der Waals surface area contributed by atoms with Crippen molar-refractivity contribution in [3.63, 3.8) is 0 Å². The molecule has 0 saturated carbocycles. The van der Waals surface area contributed by atoms with E-state index >= 15 is 0 Å². The zero-order chi connectivity index (χ0) is 13.9. The molecule has 3 nitrogen and oxygen atoms in total. The molecule has 0 amide bonds. The highest BCUT2D eigenvalue weighted by atomic mass is 79.9. The van der Waals surface area contributed by atoms with Gasteiger partial charge >= 0.3 is 0 Å². The summed E-state index contributed by atoms with van der Waals surface area (Å²) in [6.45, 7) is 1.83. The van der Waals surface area contributed by atoms with Crippen LogP contribution < -0.4 is 4.72 Å². The summed E-state index contributed by atoms with van der Waals surface area (Å²) in [5.74, 6) is -0.937. The van der Waals surface area contributed by atoms with Gasteiger partial charge in [0.2, 0.25) is 10.0 Å². The van der Waals surface area contributed by atoms with Gasteiger partial charge in [-0.25, -0.2) is 17.5 Å².